The molecular weight excluding hydrogens is 416 g/mol. The minimum absolute atomic E-state index is 0.111. The maximum absolute atomic E-state index is 12.5. The smallest absolute Gasteiger partial charge is 0.371 e. The van der Waals surface area contributed by atoms with E-state index >= 15 is 0 Å². The van der Waals surface area contributed by atoms with Crippen molar-refractivity contribution in [3.05, 3.63) is 90.2 Å². The SMILES string of the molecule is O=C(NC(=S)Nc1cccc(Oc2ccccc2)c1)c1ccc2oc(C(=O)O)cc2c1. The lowest BCUT2D eigenvalue weighted by molar-refractivity contribution is 0.0664. The molecule has 0 spiro atoms. The van der Waals surface area contributed by atoms with Crippen LogP contribution in [-0.2, 0) is 0 Å². The summed E-state index contributed by atoms with van der Waals surface area (Å²) in [6.07, 6.45) is 0. The standard InChI is InChI=1S/C23H16N2O5S/c26-21(14-9-10-19-15(11-14)12-20(30-19)22(27)28)25-23(31)24-16-5-4-8-18(13-16)29-17-6-2-1-3-7-17/h1-13H,(H,27,28)(H2,24,25,26,31). The van der Waals surface area contributed by atoms with Crippen LogP contribution in [0.3, 0.4) is 0 Å². The summed E-state index contributed by atoms with van der Waals surface area (Å²) in [6.45, 7) is 0. The number of fused-ring (bicyclic) bond motifs is 1. The summed E-state index contributed by atoms with van der Waals surface area (Å²) in [5.74, 6) is -0.483. The molecule has 1 aromatic heterocycles. The van der Waals surface area contributed by atoms with Gasteiger partial charge in [-0.25, -0.2) is 4.79 Å². The molecule has 0 fully saturated rings. The molecule has 0 radical (unpaired) electrons. The van der Waals surface area contributed by atoms with Crippen molar-refractivity contribution in [1.82, 2.24) is 5.32 Å². The molecule has 1 heterocycles. The zero-order valence-corrected chi connectivity index (χ0v) is 16.8. The molecule has 0 aliphatic heterocycles. The highest BCUT2D eigenvalue weighted by atomic mass is 32.1. The van der Waals surface area contributed by atoms with E-state index in [9.17, 15) is 9.59 Å². The highest BCUT2D eigenvalue weighted by molar-refractivity contribution is 7.80. The fraction of sp³-hybridized carbons (Fsp3) is 0. The molecule has 154 valence electrons. The molecule has 0 saturated carbocycles. The minimum Gasteiger partial charge on any atom is -0.475 e. The van der Waals surface area contributed by atoms with Crippen LogP contribution in [0.4, 0.5) is 5.69 Å². The Bertz CT molecular complexity index is 1280. The highest BCUT2D eigenvalue weighted by Crippen LogP contribution is 2.24. The van der Waals surface area contributed by atoms with E-state index in [0.717, 1.165) is 0 Å². The Morgan fingerprint density at radius 2 is 1.68 bits per heavy atom. The van der Waals surface area contributed by atoms with Crippen molar-refractivity contribution in [1.29, 1.82) is 0 Å². The molecule has 1 amide bonds. The number of thiocarbonyl (C=S) groups is 1. The Balaban J connectivity index is 1.41. The van der Waals surface area contributed by atoms with Crippen molar-refractivity contribution in [3.63, 3.8) is 0 Å². The van der Waals surface area contributed by atoms with Gasteiger partial charge < -0.3 is 19.6 Å². The molecule has 3 aromatic carbocycles. The maximum Gasteiger partial charge on any atom is 0.371 e. The number of aromatic carboxylic acids is 1. The van der Waals surface area contributed by atoms with E-state index in [-0.39, 0.29) is 10.9 Å². The summed E-state index contributed by atoms with van der Waals surface area (Å²) < 4.78 is 11.0. The number of para-hydroxylation sites is 1. The second kappa shape index (κ2) is 8.68. The zero-order chi connectivity index (χ0) is 21.8. The van der Waals surface area contributed by atoms with Crippen molar-refractivity contribution >= 4 is 45.9 Å². The topological polar surface area (TPSA) is 101 Å². The van der Waals surface area contributed by atoms with E-state index in [0.29, 0.717) is 33.7 Å². The zero-order valence-electron chi connectivity index (χ0n) is 16.0. The normalized spacial score (nSPS) is 10.5. The highest BCUT2D eigenvalue weighted by Gasteiger charge is 2.14. The number of carbonyl (C=O) groups is 2. The Morgan fingerprint density at radius 3 is 2.45 bits per heavy atom. The van der Waals surface area contributed by atoms with Crippen LogP contribution in [0.2, 0.25) is 0 Å². The summed E-state index contributed by atoms with van der Waals surface area (Å²) in [5.41, 5.74) is 1.34. The van der Waals surface area contributed by atoms with E-state index in [1.54, 1.807) is 18.2 Å². The van der Waals surface area contributed by atoms with Gasteiger partial charge in [-0.2, -0.15) is 0 Å². The van der Waals surface area contributed by atoms with Gasteiger partial charge >= 0.3 is 5.97 Å². The summed E-state index contributed by atoms with van der Waals surface area (Å²) in [6, 6.07) is 22.5. The van der Waals surface area contributed by atoms with Gasteiger partial charge in [0.05, 0.1) is 0 Å². The van der Waals surface area contributed by atoms with Crippen molar-refractivity contribution in [3.8, 4) is 11.5 Å². The van der Waals surface area contributed by atoms with Crippen LogP contribution >= 0.6 is 12.2 Å². The summed E-state index contributed by atoms with van der Waals surface area (Å²) >= 11 is 5.24. The van der Waals surface area contributed by atoms with Gasteiger partial charge in [0.2, 0.25) is 5.76 Å². The number of furan rings is 1. The van der Waals surface area contributed by atoms with Gasteiger partial charge in [-0.15, -0.1) is 0 Å². The molecule has 31 heavy (non-hydrogen) atoms. The number of carboxylic acid groups (broad SMARTS) is 1. The number of anilines is 1. The predicted molar refractivity (Wildman–Crippen MR) is 120 cm³/mol. The first-order valence-electron chi connectivity index (χ1n) is 9.20. The number of amides is 1. The Kier molecular flexibility index (Phi) is 5.63. The first kappa shape index (κ1) is 20.1. The number of carboxylic acids is 1. The summed E-state index contributed by atoms with van der Waals surface area (Å²) in [4.78, 5) is 23.6. The molecule has 0 bridgehead atoms. The van der Waals surface area contributed by atoms with Crippen molar-refractivity contribution < 1.29 is 23.8 Å². The lowest BCUT2D eigenvalue weighted by Crippen LogP contribution is -2.34. The van der Waals surface area contributed by atoms with Gasteiger partial charge in [-0.05, 0) is 60.7 Å². The van der Waals surface area contributed by atoms with E-state index in [4.69, 9.17) is 26.5 Å². The molecule has 3 N–H and O–H groups in total. The second-order valence-corrected chi connectivity index (χ2v) is 6.93. The van der Waals surface area contributed by atoms with Gasteiger partial charge in [0.15, 0.2) is 5.11 Å². The fourth-order valence-corrected chi connectivity index (χ4v) is 3.10. The van der Waals surface area contributed by atoms with Gasteiger partial charge in [-0.3, -0.25) is 10.1 Å². The molecule has 4 rings (SSSR count). The van der Waals surface area contributed by atoms with Crippen LogP contribution in [-0.4, -0.2) is 22.1 Å². The Labute approximate surface area is 182 Å². The van der Waals surface area contributed by atoms with Crippen molar-refractivity contribution in [2.75, 3.05) is 5.32 Å². The van der Waals surface area contributed by atoms with Crippen LogP contribution in [0.25, 0.3) is 11.0 Å². The lowest BCUT2D eigenvalue weighted by Gasteiger charge is -2.11. The van der Waals surface area contributed by atoms with Crippen LogP contribution < -0.4 is 15.4 Å². The Hall–Kier alpha value is -4.17. The molecule has 0 aliphatic rings. The number of ether oxygens (including phenoxy) is 1. The van der Waals surface area contributed by atoms with Gasteiger partial charge in [0, 0.05) is 22.7 Å². The molecule has 4 aromatic rings. The number of hydrogen-bond acceptors (Lipinski definition) is 5. The fourth-order valence-electron chi connectivity index (χ4n) is 2.89. The average Bonchev–Trinajstić information content (AvgIpc) is 3.18. The van der Waals surface area contributed by atoms with Crippen LogP contribution in [0.1, 0.15) is 20.9 Å². The molecular formula is C23H16N2O5S. The molecule has 0 saturated heterocycles. The minimum atomic E-state index is -1.17. The number of nitrogens with one attached hydrogen (secondary N) is 2. The molecule has 0 aliphatic carbocycles. The number of carbonyl (C=O) groups excluding carboxylic acids is 1. The van der Waals surface area contributed by atoms with Crippen molar-refractivity contribution in [2.24, 2.45) is 0 Å². The van der Waals surface area contributed by atoms with E-state index in [1.165, 1.54) is 24.3 Å². The number of rotatable bonds is 5. The monoisotopic (exact) mass is 432 g/mol. The van der Waals surface area contributed by atoms with E-state index in [1.807, 2.05) is 36.4 Å². The quantitative estimate of drug-likeness (QED) is 0.379. The van der Waals surface area contributed by atoms with Crippen LogP contribution in [0.15, 0.2) is 83.3 Å². The first-order chi connectivity index (χ1) is 15.0. The second-order valence-electron chi connectivity index (χ2n) is 6.52. The Morgan fingerprint density at radius 1 is 0.903 bits per heavy atom. The van der Waals surface area contributed by atoms with E-state index < -0.39 is 11.9 Å². The molecule has 8 heteroatoms. The molecule has 7 nitrogen and oxygen atoms in total. The predicted octanol–water partition coefficient (Wildman–Crippen LogP) is 5.05. The van der Waals surface area contributed by atoms with Gasteiger partial charge in [-0.1, -0.05) is 24.3 Å². The lowest BCUT2D eigenvalue weighted by atomic mass is 10.1. The van der Waals surface area contributed by atoms with Gasteiger partial charge in [0.25, 0.3) is 5.91 Å². The first-order valence-corrected chi connectivity index (χ1v) is 9.61. The third-order valence-electron chi connectivity index (χ3n) is 4.29. The molecule has 0 unspecified atom stereocenters. The largest absolute Gasteiger partial charge is 0.475 e. The third kappa shape index (κ3) is 4.88. The summed E-state index contributed by atoms with van der Waals surface area (Å²) in [7, 11) is 0. The van der Waals surface area contributed by atoms with E-state index in [2.05, 4.69) is 10.6 Å². The average molecular weight is 432 g/mol. The third-order valence-corrected chi connectivity index (χ3v) is 4.49. The molecule has 0 atom stereocenters. The number of benzene rings is 3. The van der Waals surface area contributed by atoms with Crippen LogP contribution in [0.5, 0.6) is 11.5 Å². The van der Waals surface area contributed by atoms with Crippen molar-refractivity contribution in [2.45, 2.75) is 0 Å². The van der Waals surface area contributed by atoms with Crippen LogP contribution in [0, 0.1) is 0 Å². The number of hydrogen-bond donors (Lipinski definition) is 3. The van der Waals surface area contributed by atoms with Gasteiger partial charge in [0.1, 0.15) is 17.1 Å². The summed E-state index contributed by atoms with van der Waals surface area (Å²) in [5, 5.41) is 15.2. The maximum atomic E-state index is 12.5.